The van der Waals surface area contributed by atoms with Crippen molar-refractivity contribution in [3.63, 3.8) is 0 Å². The Morgan fingerprint density at radius 3 is 2.15 bits per heavy atom. The van der Waals surface area contributed by atoms with Gasteiger partial charge in [0.25, 0.3) is 0 Å². The van der Waals surface area contributed by atoms with Gasteiger partial charge in [0.2, 0.25) is 5.96 Å². The highest BCUT2D eigenvalue weighted by Gasteiger charge is 2.31. The lowest BCUT2D eigenvalue weighted by atomic mass is 10.2. The van der Waals surface area contributed by atoms with Crippen LogP contribution >= 0.6 is 23.2 Å². The highest BCUT2D eigenvalue weighted by Crippen LogP contribution is 2.37. The number of nitrogens with two attached hydrogens (primary N) is 3. The van der Waals surface area contributed by atoms with Crippen molar-refractivity contribution in [2.75, 3.05) is 0 Å². The lowest BCUT2D eigenvalue weighted by Crippen LogP contribution is -2.26. The molecule has 2 rings (SSSR count). The van der Waals surface area contributed by atoms with E-state index < -0.39 is 22.5 Å². The predicted molar refractivity (Wildman–Crippen MR) is 99.7 cm³/mol. The van der Waals surface area contributed by atoms with Gasteiger partial charge in [0.1, 0.15) is 0 Å². The number of alkyl halides is 3. The van der Waals surface area contributed by atoms with Gasteiger partial charge in [0, 0.05) is 4.90 Å². The summed E-state index contributed by atoms with van der Waals surface area (Å²) in [5, 5.41) is -0.149. The Kier molecular flexibility index (Phi) is 6.34. The molecule has 27 heavy (non-hydrogen) atoms. The van der Waals surface area contributed by atoms with E-state index in [4.69, 9.17) is 40.4 Å². The van der Waals surface area contributed by atoms with Crippen LogP contribution in [-0.4, -0.2) is 16.1 Å². The topological polar surface area (TPSA) is 120 Å². The molecule has 6 N–H and O–H groups in total. The molecule has 0 radical (unpaired) electrons. The third-order valence-electron chi connectivity index (χ3n) is 3.03. The van der Waals surface area contributed by atoms with Crippen LogP contribution in [0.2, 0.25) is 10.0 Å². The number of aliphatic imine (C=N–C) groups is 2. The highest BCUT2D eigenvalue weighted by atomic mass is 35.5. The van der Waals surface area contributed by atoms with E-state index in [9.17, 15) is 17.4 Å². The van der Waals surface area contributed by atoms with Gasteiger partial charge in [-0.05, 0) is 30.3 Å². The lowest BCUT2D eigenvalue weighted by molar-refractivity contribution is -0.137. The van der Waals surface area contributed by atoms with Crippen molar-refractivity contribution in [1.82, 2.24) is 0 Å². The van der Waals surface area contributed by atoms with Crippen molar-refractivity contribution in [2.24, 2.45) is 27.2 Å². The molecule has 0 aromatic heterocycles. The first-order valence-corrected chi connectivity index (χ1v) is 8.91. The fourth-order valence-electron chi connectivity index (χ4n) is 1.98. The first-order chi connectivity index (χ1) is 12.5. The van der Waals surface area contributed by atoms with Gasteiger partial charge in [-0.3, -0.25) is 0 Å². The smallest absolute Gasteiger partial charge is 0.370 e. The van der Waals surface area contributed by atoms with Crippen molar-refractivity contribution in [2.45, 2.75) is 16.0 Å². The SMILES string of the molecule is NC(N)=NC(N)=Nc1cc(Cl)c(S(=O)c2cccc(C(F)(F)F)c2)c(Cl)c1. The Morgan fingerprint density at radius 2 is 1.63 bits per heavy atom. The number of halogens is 5. The van der Waals surface area contributed by atoms with Gasteiger partial charge < -0.3 is 17.2 Å². The van der Waals surface area contributed by atoms with E-state index in [1.54, 1.807) is 0 Å². The molecule has 0 bridgehead atoms. The second-order valence-corrected chi connectivity index (χ2v) is 7.27. The molecule has 0 aliphatic rings. The van der Waals surface area contributed by atoms with E-state index >= 15 is 0 Å². The van der Waals surface area contributed by atoms with E-state index in [1.165, 1.54) is 18.2 Å². The van der Waals surface area contributed by atoms with Crippen LogP contribution in [0, 0.1) is 0 Å². The van der Waals surface area contributed by atoms with Gasteiger partial charge in [-0.25, -0.2) is 9.20 Å². The lowest BCUT2D eigenvalue weighted by Gasteiger charge is -2.11. The molecule has 0 saturated heterocycles. The van der Waals surface area contributed by atoms with E-state index in [2.05, 4.69) is 9.98 Å². The van der Waals surface area contributed by atoms with Gasteiger partial charge in [-0.15, -0.1) is 0 Å². The third kappa shape index (κ3) is 5.34. The summed E-state index contributed by atoms with van der Waals surface area (Å²) in [6.45, 7) is 0. The summed E-state index contributed by atoms with van der Waals surface area (Å²) in [5.74, 6) is -0.579. The molecular weight excluding hydrogens is 426 g/mol. The van der Waals surface area contributed by atoms with Crippen LogP contribution in [0.15, 0.2) is 56.2 Å². The predicted octanol–water partition coefficient (Wildman–Crippen LogP) is 3.40. The first-order valence-electron chi connectivity index (χ1n) is 7.01. The highest BCUT2D eigenvalue weighted by molar-refractivity contribution is 7.85. The molecule has 1 atom stereocenters. The van der Waals surface area contributed by atoms with Gasteiger partial charge in [0.05, 0.1) is 37.0 Å². The molecule has 6 nitrogen and oxygen atoms in total. The number of hydrogen-bond donors (Lipinski definition) is 3. The molecule has 0 heterocycles. The zero-order chi connectivity index (χ0) is 20.4. The van der Waals surface area contributed by atoms with E-state index in [-0.39, 0.29) is 37.4 Å². The first kappa shape index (κ1) is 21.0. The number of hydrogen-bond acceptors (Lipinski definition) is 2. The van der Waals surface area contributed by atoms with Crippen LogP contribution in [0.3, 0.4) is 0 Å². The summed E-state index contributed by atoms with van der Waals surface area (Å²) in [7, 11) is -2.06. The van der Waals surface area contributed by atoms with Crippen LogP contribution in [0.4, 0.5) is 18.9 Å². The molecule has 0 fully saturated rings. The van der Waals surface area contributed by atoms with E-state index in [0.717, 1.165) is 18.2 Å². The molecule has 0 spiro atoms. The molecule has 2 aromatic carbocycles. The van der Waals surface area contributed by atoms with Crippen molar-refractivity contribution in [3.8, 4) is 0 Å². The maximum Gasteiger partial charge on any atom is 0.416 e. The Bertz CT molecular complexity index is 936. The van der Waals surface area contributed by atoms with Crippen molar-refractivity contribution >= 4 is 51.6 Å². The van der Waals surface area contributed by atoms with Crippen LogP contribution in [-0.2, 0) is 17.0 Å². The summed E-state index contributed by atoms with van der Waals surface area (Å²) in [6, 6.07) is 6.62. The molecule has 0 saturated carbocycles. The normalized spacial score (nSPS) is 13.3. The Labute approximate surface area is 164 Å². The summed E-state index contributed by atoms with van der Waals surface area (Å²) >= 11 is 12.2. The largest absolute Gasteiger partial charge is 0.416 e. The van der Waals surface area contributed by atoms with Gasteiger partial charge >= 0.3 is 6.18 Å². The van der Waals surface area contributed by atoms with E-state index in [0.29, 0.717) is 0 Å². The van der Waals surface area contributed by atoms with Gasteiger partial charge in [-0.1, -0.05) is 29.3 Å². The molecular formula is C15H12Cl2F3N5OS. The zero-order valence-electron chi connectivity index (χ0n) is 13.3. The molecule has 12 heteroatoms. The molecule has 0 aliphatic carbocycles. The Balaban J connectivity index is 2.45. The van der Waals surface area contributed by atoms with E-state index in [1.807, 2.05) is 0 Å². The number of benzene rings is 2. The van der Waals surface area contributed by atoms with Crippen molar-refractivity contribution < 1.29 is 17.4 Å². The van der Waals surface area contributed by atoms with Crippen molar-refractivity contribution in [1.29, 1.82) is 0 Å². The molecule has 2 aromatic rings. The second kappa shape index (κ2) is 8.15. The molecule has 144 valence electrons. The fraction of sp³-hybridized carbons (Fsp3) is 0.0667. The Hall–Kier alpha value is -2.30. The molecule has 1 unspecified atom stereocenters. The maximum atomic E-state index is 12.9. The van der Waals surface area contributed by atoms with Gasteiger partial charge in [-0.2, -0.15) is 18.2 Å². The monoisotopic (exact) mass is 437 g/mol. The van der Waals surface area contributed by atoms with Crippen molar-refractivity contribution in [3.05, 3.63) is 52.0 Å². The van der Waals surface area contributed by atoms with Crippen LogP contribution < -0.4 is 17.2 Å². The third-order valence-corrected chi connectivity index (χ3v) is 5.34. The van der Waals surface area contributed by atoms with Gasteiger partial charge in [0.15, 0.2) is 5.96 Å². The van der Waals surface area contributed by atoms with Crippen LogP contribution in [0.1, 0.15) is 5.56 Å². The summed E-state index contributed by atoms with van der Waals surface area (Å²) < 4.78 is 51.3. The zero-order valence-corrected chi connectivity index (χ0v) is 15.6. The standard InChI is InChI=1S/C15H12Cl2F3N5OS/c16-10-5-8(24-14(23)25-13(21)22)6-11(17)12(10)27(26)9-3-1-2-7(4-9)15(18,19)20/h1-6H,(H6,21,22,23,24,25). The minimum absolute atomic E-state index is 0.0583. The number of nitrogens with zero attached hydrogens (tertiary/aromatic N) is 2. The molecule has 0 aliphatic heterocycles. The summed E-state index contributed by atoms with van der Waals surface area (Å²) in [4.78, 5) is 7.22. The average molecular weight is 438 g/mol. The Morgan fingerprint density at radius 1 is 1.04 bits per heavy atom. The van der Waals surface area contributed by atoms with Crippen LogP contribution in [0.5, 0.6) is 0 Å². The maximum absolute atomic E-state index is 12.9. The minimum atomic E-state index is -4.57. The quantitative estimate of drug-likeness (QED) is 0.503. The number of guanidine groups is 2. The fourth-order valence-corrected chi connectivity index (χ4v) is 4.02. The summed E-state index contributed by atoms with van der Waals surface area (Å²) in [6.07, 6.45) is -4.57. The summed E-state index contributed by atoms with van der Waals surface area (Å²) in [5.41, 5.74) is 15.1. The average Bonchev–Trinajstić information content (AvgIpc) is 2.52. The number of rotatable bonds is 3. The van der Waals surface area contributed by atoms with Crippen LogP contribution in [0.25, 0.3) is 0 Å². The molecule has 0 amide bonds. The second-order valence-electron chi connectivity index (χ2n) is 5.04. The minimum Gasteiger partial charge on any atom is -0.370 e.